The molecule has 5 nitrogen and oxygen atoms in total. The van der Waals surface area contributed by atoms with Crippen molar-refractivity contribution in [2.24, 2.45) is 5.92 Å². The number of rotatable bonds is 5. The predicted molar refractivity (Wildman–Crippen MR) is 105 cm³/mol. The van der Waals surface area contributed by atoms with Gasteiger partial charge in [-0.1, -0.05) is 30.3 Å². The van der Waals surface area contributed by atoms with E-state index in [4.69, 9.17) is 0 Å². The van der Waals surface area contributed by atoms with Gasteiger partial charge in [0.2, 0.25) is 5.91 Å². The Morgan fingerprint density at radius 2 is 1.78 bits per heavy atom. The third-order valence-corrected chi connectivity index (χ3v) is 4.87. The number of fused-ring (bicyclic) bond motifs is 1. The molecule has 1 atom stereocenters. The van der Waals surface area contributed by atoms with Gasteiger partial charge in [-0.2, -0.15) is 0 Å². The van der Waals surface area contributed by atoms with Crippen molar-refractivity contribution in [3.05, 3.63) is 71.9 Å². The highest BCUT2D eigenvalue weighted by atomic mass is 16.2. The topological polar surface area (TPSA) is 71.1 Å². The van der Waals surface area contributed by atoms with E-state index in [0.29, 0.717) is 5.56 Å². The van der Waals surface area contributed by atoms with Crippen molar-refractivity contribution in [2.45, 2.75) is 25.8 Å². The van der Waals surface area contributed by atoms with Crippen LogP contribution in [0.25, 0.3) is 10.9 Å². The fourth-order valence-corrected chi connectivity index (χ4v) is 3.10. The van der Waals surface area contributed by atoms with E-state index in [1.807, 2.05) is 55.5 Å². The summed E-state index contributed by atoms with van der Waals surface area (Å²) in [6.07, 6.45) is 3.62. The van der Waals surface area contributed by atoms with Gasteiger partial charge in [-0.15, -0.1) is 0 Å². The molecule has 0 radical (unpaired) electrons. The molecule has 1 fully saturated rings. The van der Waals surface area contributed by atoms with Crippen molar-refractivity contribution < 1.29 is 9.59 Å². The molecule has 0 saturated heterocycles. The first kappa shape index (κ1) is 17.2. The summed E-state index contributed by atoms with van der Waals surface area (Å²) in [5, 5.41) is 6.80. The molecule has 1 aliphatic rings. The van der Waals surface area contributed by atoms with Crippen LogP contribution < -0.4 is 10.6 Å². The van der Waals surface area contributed by atoms with Gasteiger partial charge in [0.15, 0.2) is 0 Å². The Bertz CT molecular complexity index is 989. The normalized spacial score (nSPS) is 14.6. The number of hydrogen-bond acceptors (Lipinski definition) is 3. The Balaban J connectivity index is 1.45. The Labute approximate surface area is 157 Å². The number of nitrogens with one attached hydrogen (secondary N) is 2. The van der Waals surface area contributed by atoms with Crippen LogP contribution in [0.5, 0.6) is 0 Å². The van der Waals surface area contributed by atoms with E-state index >= 15 is 0 Å². The number of nitrogens with zero attached hydrogens (tertiary/aromatic N) is 1. The van der Waals surface area contributed by atoms with E-state index in [1.54, 1.807) is 12.3 Å². The zero-order chi connectivity index (χ0) is 18.8. The Hall–Kier alpha value is -3.21. The van der Waals surface area contributed by atoms with Crippen LogP contribution in [-0.2, 0) is 4.79 Å². The summed E-state index contributed by atoms with van der Waals surface area (Å²) >= 11 is 0. The highest BCUT2D eigenvalue weighted by Crippen LogP contribution is 2.30. The Kier molecular flexibility index (Phi) is 4.59. The molecule has 27 heavy (non-hydrogen) atoms. The number of aromatic nitrogens is 1. The summed E-state index contributed by atoms with van der Waals surface area (Å²) in [5.41, 5.74) is 3.18. The number of pyridine rings is 1. The van der Waals surface area contributed by atoms with Gasteiger partial charge in [-0.25, -0.2) is 0 Å². The van der Waals surface area contributed by atoms with E-state index in [2.05, 4.69) is 15.6 Å². The van der Waals surface area contributed by atoms with Gasteiger partial charge < -0.3 is 10.6 Å². The molecule has 136 valence electrons. The van der Waals surface area contributed by atoms with Gasteiger partial charge in [-0.3, -0.25) is 14.6 Å². The van der Waals surface area contributed by atoms with E-state index in [9.17, 15) is 9.59 Å². The second-order valence-electron chi connectivity index (χ2n) is 6.96. The smallest absolute Gasteiger partial charge is 0.252 e. The van der Waals surface area contributed by atoms with Gasteiger partial charge in [0.1, 0.15) is 0 Å². The highest BCUT2D eigenvalue weighted by molar-refractivity contribution is 6.06. The average Bonchev–Trinajstić information content (AvgIpc) is 3.53. The van der Waals surface area contributed by atoms with Crippen molar-refractivity contribution in [1.82, 2.24) is 10.3 Å². The van der Waals surface area contributed by atoms with Gasteiger partial charge in [0.25, 0.3) is 5.91 Å². The number of carbonyl (C=O) groups is 2. The number of para-hydroxylation sites is 1. The minimum absolute atomic E-state index is 0.0914. The molecule has 4 rings (SSSR count). The lowest BCUT2D eigenvalue weighted by Gasteiger charge is -2.16. The van der Waals surface area contributed by atoms with E-state index in [0.717, 1.165) is 35.0 Å². The van der Waals surface area contributed by atoms with Crippen LogP contribution in [0.15, 0.2) is 60.8 Å². The molecule has 1 aromatic heterocycles. The van der Waals surface area contributed by atoms with Crippen LogP contribution in [0.1, 0.15) is 41.7 Å². The lowest BCUT2D eigenvalue weighted by Crippen LogP contribution is -2.26. The lowest BCUT2D eigenvalue weighted by molar-refractivity contribution is -0.117. The molecule has 0 bridgehead atoms. The largest absolute Gasteiger partial charge is 0.345 e. The molecule has 3 aromatic rings. The zero-order valence-electron chi connectivity index (χ0n) is 15.1. The van der Waals surface area contributed by atoms with Crippen molar-refractivity contribution in [3.8, 4) is 0 Å². The summed E-state index contributed by atoms with van der Waals surface area (Å²) in [4.78, 5) is 28.9. The number of carbonyl (C=O) groups excluding carboxylic acids is 2. The standard InChI is InChI=1S/C22H21N3O2/c1-14(15-8-10-17(11-9-15)25-21(26)16-6-7-16)24-22(27)19-12-13-23-20-5-3-2-4-18(19)20/h2-5,8-14,16H,6-7H2,1H3,(H,24,27)(H,25,26). The summed E-state index contributed by atoms with van der Waals surface area (Å²) in [7, 11) is 0. The van der Waals surface area contributed by atoms with E-state index in [-0.39, 0.29) is 23.8 Å². The number of amides is 2. The van der Waals surface area contributed by atoms with Crippen LogP contribution in [0, 0.1) is 5.92 Å². The monoisotopic (exact) mass is 359 g/mol. The van der Waals surface area contributed by atoms with Crippen molar-refractivity contribution >= 4 is 28.4 Å². The highest BCUT2D eigenvalue weighted by Gasteiger charge is 2.29. The Morgan fingerprint density at radius 1 is 1.04 bits per heavy atom. The number of hydrogen-bond donors (Lipinski definition) is 2. The van der Waals surface area contributed by atoms with Gasteiger partial charge in [0, 0.05) is 23.2 Å². The van der Waals surface area contributed by atoms with Gasteiger partial charge in [0.05, 0.1) is 17.1 Å². The maximum Gasteiger partial charge on any atom is 0.252 e. The summed E-state index contributed by atoms with van der Waals surface area (Å²) < 4.78 is 0. The second-order valence-corrected chi connectivity index (χ2v) is 6.96. The fourth-order valence-electron chi connectivity index (χ4n) is 3.10. The van der Waals surface area contributed by atoms with E-state index in [1.165, 1.54) is 0 Å². The van der Waals surface area contributed by atoms with E-state index < -0.39 is 0 Å². The predicted octanol–water partition coefficient (Wildman–Crippen LogP) is 4.07. The van der Waals surface area contributed by atoms with Gasteiger partial charge >= 0.3 is 0 Å². The molecule has 2 aromatic carbocycles. The van der Waals surface area contributed by atoms with Crippen molar-refractivity contribution in [3.63, 3.8) is 0 Å². The summed E-state index contributed by atoms with van der Waals surface area (Å²) in [5.74, 6) is 0.138. The molecule has 1 aliphatic carbocycles. The van der Waals surface area contributed by atoms with Crippen LogP contribution >= 0.6 is 0 Å². The second kappa shape index (κ2) is 7.19. The molecule has 0 spiro atoms. The van der Waals surface area contributed by atoms with Crippen LogP contribution in [0.3, 0.4) is 0 Å². The van der Waals surface area contributed by atoms with Crippen LogP contribution in [-0.4, -0.2) is 16.8 Å². The van der Waals surface area contributed by atoms with Gasteiger partial charge in [-0.05, 0) is 49.6 Å². The molecule has 1 saturated carbocycles. The quantitative estimate of drug-likeness (QED) is 0.721. The molecular formula is C22H21N3O2. The minimum Gasteiger partial charge on any atom is -0.345 e. The third-order valence-electron chi connectivity index (χ3n) is 4.87. The van der Waals surface area contributed by atoms with Crippen molar-refractivity contribution in [2.75, 3.05) is 5.32 Å². The fraction of sp³-hybridized carbons (Fsp3) is 0.227. The molecule has 0 aliphatic heterocycles. The first-order valence-corrected chi connectivity index (χ1v) is 9.17. The van der Waals surface area contributed by atoms with Crippen LogP contribution in [0.4, 0.5) is 5.69 Å². The van der Waals surface area contributed by atoms with Crippen LogP contribution in [0.2, 0.25) is 0 Å². The maximum atomic E-state index is 12.7. The molecule has 2 amide bonds. The minimum atomic E-state index is -0.155. The molecule has 2 N–H and O–H groups in total. The first-order chi connectivity index (χ1) is 13.1. The molecule has 1 unspecified atom stereocenters. The lowest BCUT2D eigenvalue weighted by atomic mass is 10.1. The molecular weight excluding hydrogens is 338 g/mol. The Morgan fingerprint density at radius 3 is 2.52 bits per heavy atom. The molecule has 1 heterocycles. The summed E-state index contributed by atoms with van der Waals surface area (Å²) in [6.45, 7) is 1.94. The number of benzene rings is 2. The van der Waals surface area contributed by atoms with Crippen molar-refractivity contribution in [1.29, 1.82) is 0 Å². The average molecular weight is 359 g/mol. The SMILES string of the molecule is CC(NC(=O)c1ccnc2ccccc12)c1ccc(NC(=O)C2CC2)cc1. The number of anilines is 1. The zero-order valence-corrected chi connectivity index (χ0v) is 15.1. The first-order valence-electron chi connectivity index (χ1n) is 9.17. The maximum absolute atomic E-state index is 12.7. The third kappa shape index (κ3) is 3.82. The molecule has 5 heteroatoms. The summed E-state index contributed by atoms with van der Waals surface area (Å²) in [6, 6.07) is 16.8.